The normalized spacial score (nSPS) is 15.0. The molecule has 1 aromatic carbocycles. The maximum absolute atomic E-state index is 12.3. The number of aromatic nitrogens is 1. The zero-order valence-corrected chi connectivity index (χ0v) is 11.0. The summed E-state index contributed by atoms with van der Waals surface area (Å²) in [7, 11) is 0. The molecule has 4 nitrogen and oxygen atoms in total. The van der Waals surface area contributed by atoms with Crippen molar-refractivity contribution in [2.45, 2.75) is 19.2 Å². The first-order valence-electron chi connectivity index (χ1n) is 6.43. The van der Waals surface area contributed by atoms with Gasteiger partial charge in [0.1, 0.15) is 11.3 Å². The molecule has 112 valence electrons. The summed E-state index contributed by atoms with van der Waals surface area (Å²) in [6.07, 6.45) is -3.81. The Labute approximate surface area is 118 Å². The van der Waals surface area contributed by atoms with E-state index in [-0.39, 0.29) is 5.75 Å². The van der Waals surface area contributed by atoms with Crippen molar-refractivity contribution in [2.24, 2.45) is 0 Å². The molecule has 0 atom stereocenters. The third-order valence-electron chi connectivity index (χ3n) is 3.33. The Balaban J connectivity index is 2.08. The third-order valence-corrected chi connectivity index (χ3v) is 3.33. The molecular formula is C14H13F3N2O2. The van der Waals surface area contributed by atoms with Crippen LogP contribution in [-0.2, 0) is 17.8 Å². The minimum Gasteiger partial charge on any atom is -0.482 e. The van der Waals surface area contributed by atoms with E-state index in [4.69, 9.17) is 15.2 Å². The topological polar surface area (TPSA) is 57.4 Å². The lowest BCUT2D eigenvalue weighted by Gasteiger charge is -2.20. The molecule has 0 radical (unpaired) electrons. The van der Waals surface area contributed by atoms with E-state index in [1.165, 1.54) is 6.07 Å². The number of para-hydroxylation sites is 1. The second-order valence-electron chi connectivity index (χ2n) is 4.81. The average Bonchev–Trinajstić information content (AvgIpc) is 2.45. The number of anilines is 1. The second kappa shape index (κ2) is 5.07. The number of nitrogens with two attached hydrogens (primary N) is 1. The molecule has 21 heavy (non-hydrogen) atoms. The molecule has 0 saturated heterocycles. The van der Waals surface area contributed by atoms with Crippen molar-refractivity contribution >= 4 is 16.6 Å². The van der Waals surface area contributed by atoms with Gasteiger partial charge in [0, 0.05) is 23.1 Å². The summed E-state index contributed by atoms with van der Waals surface area (Å²) in [6, 6.07) is 4.78. The Morgan fingerprint density at radius 1 is 1.33 bits per heavy atom. The summed E-state index contributed by atoms with van der Waals surface area (Å²) in [4.78, 5) is 4.42. The predicted molar refractivity (Wildman–Crippen MR) is 71.1 cm³/mol. The van der Waals surface area contributed by atoms with Crippen LogP contribution >= 0.6 is 0 Å². The third kappa shape index (κ3) is 2.73. The summed E-state index contributed by atoms with van der Waals surface area (Å²) < 4.78 is 47.1. The second-order valence-corrected chi connectivity index (χ2v) is 4.81. The van der Waals surface area contributed by atoms with E-state index in [2.05, 4.69) is 4.98 Å². The Morgan fingerprint density at radius 2 is 2.14 bits per heavy atom. The van der Waals surface area contributed by atoms with Crippen molar-refractivity contribution in [1.29, 1.82) is 0 Å². The summed E-state index contributed by atoms with van der Waals surface area (Å²) >= 11 is 0. The van der Waals surface area contributed by atoms with E-state index >= 15 is 0 Å². The van der Waals surface area contributed by atoms with Crippen LogP contribution in [0.1, 0.15) is 11.3 Å². The van der Waals surface area contributed by atoms with Crippen LogP contribution < -0.4 is 10.5 Å². The number of nitrogen functional groups attached to an aromatic ring is 1. The molecule has 1 aliphatic heterocycles. The summed E-state index contributed by atoms with van der Waals surface area (Å²) in [5, 5.41) is 0.582. The van der Waals surface area contributed by atoms with Crippen molar-refractivity contribution in [2.75, 3.05) is 18.9 Å². The number of nitrogens with zero attached hydrogens (tertiary/aromatic N) is 1. The van der Waals surface area contributed by atoms with Crippen LogP contribution in [0.3, 0.4) is 0 Å². The molecule has 0 bridgehead atoms. The first kappa shape index (κ1) is 13.9. The zero-order valence-electron chi connectivity index (χ0n) is 11.0. The first-order chi connectivity index (χ1) is 9.96. The molecule has 0 spiro atoms. The van der Waals surface area contributed by atoms with Gasteiger partial charge >= 0.3 is 6.18 Å². The van der Waals surface area contributed by atoms with Crippen molar-refractivity contribution in [3.63, 3.8) is 0 Å². The highest BCUT2D eigenvalue weighted by Gasteiger charge is 2.29. The standard InChI is InChI=1S/C14H13F3N2O2/c15-14(16,17)7-21-11-3-1-2-8-12(18)9-6-20-5-4-10(9)19-13(8)11/h1-3H,4-7H2,(H2,18,19). The van der Waals surface area contributed by atoms with Gasteiger partial charge in [0.05, 0.1) is 18.9 Å². The largest absolute Gasteiger partial charge is 0.482 e. The summed E-state index contributed by atoms with van der Waals surface area (Å²) in [6.45, 7) is -0.456. The first-order valence-corrected chi connectivity index (χ1v) is 6.43. The van der Waals surface area contributed by atoms with Gasteiger partial charge in [0.15, 0.2) is 6.61 Å². The lowest BCUT2D eigenvalue weighted by molar-refractivity contribution is -0.153. The maximum Gasteiger partial charge on any atom is 0.422 e. The Kier molecular flexibility index (Phi) is 3.36. The molecule has 7 heteroatoms. The molecule has 0 unspecified atom stereocenters. The number of halogens is 3. The van der Waals surface area contributed by atoms with E-state index in [1.54, 1.807) is 12.1 Å². The molecule has 2 heterocycles. The average molecular weight is 298 g/mol. The van der Waals surface area contributed by atoms with Crippen LogP contribution in [0, 0.1) is 0 Å². The van der Waals surface area contributed by atoms with E-state index in [9.17, 15) is 13.2 Å². The fourth-order valence-electron chi connectivity index (χ4n) is 2.36. The van der Waals surface area contributed by atoms with Gasteiger partial charge in [-0.05, 0) is 6.07 Å². The van der Waals surface area contributed by atoms with Crippen molar-refractivity contribution in [3.8, 4) is 5.75 Å². The van der Waals surface area contributed by atoms with E-state index < -0.39 is 12.8 Å². The number of alkyl halides is 3. The fourth-order valence-corrected chi connectivity index (χ4v) is 2.36. The molecule has 2 aromatic rings. The van der Waals surface area contributed by atoms with Gasteiger partial charge in [-0.25, -0.2) is 4.98 Å². The van der Waals surface area contributed by atoms with Gasteiger partial charge in [0.25, 0.3) is 0 Å². The number of rotatable bonds is 2. The van der Waals surface area contributed by atoms with Crippen LogP contribution in [0.2, 0.25) is 0 Å². The van der Waals surface area contributed by atoms with Gasteiger partial charge < -0.3 is 15.2 Å². The van der Waals surface area contributed by atoms with E-state index in [0.29, 0.717) is 36.2 Å². The van der Waals surface area contributed by atoms with Crippen LogP contribution in [-0.4, -0.2) is 24.4 Å². The number of hydrogen-bond acceptors (Lipinski definition) is 4. The smallest absolute Gasteiger partial charge is 0.422 e. The molecule has 0 fully saturated rings. The maximum atomic E-state index is 12.3. The lowest BCUT2D eigenvalue weighted by Crippen LogP contribution is -2.20. The predicted octanol–water partition coefficient (Wildman–Crippen LogP) is 2.83. The van der Waals surface area contributed by atoms with Crippen LogP contribution in [0.5, 0.6) is 5.75 Å². The molecule has 1 aliphatic rings. The molecule has 1 aromatic heterocycles. The number of hydrogen-bond donors (Lipinski definition) is 1. The zero-order chi connectivity index (χ0) is 15.0. The van der Waals surface area contributed by atoms with Gasteiger partial charge in [-0.2, -0.15) is 13.2 Å². The highest BCUT2D eigenvalue weighted by molar-refractivity contribution is 5.95. The molecule has 3 rings (SSSR count). The van der Waals surface area contributed by atoms with E-state index in [0.717, 1.165) is 11.3 Å². The van der Waals surface area contributed by atoms with E-state index in [1.807, 2.05) is 0 Å². The summed E-state index contributed by atoms with van der Waals surface area (Å²) in [5.74, 6) is 0.0887. The number of pyridine rings is 1. The van der Waals surface area contributed by atoms with Gasteiger partial charge in [-0.15, -0.1) is 0 Å². The number of fused-ring (bicyclic) bond motifs is 2. The minimum absolute atomic E-state index is 0.0887. The fraction of sp³-hybridized carbons (Fsp3) is 0.357. The lowest BCUT2D eigenvalue weighted by atomic mass is 10.0. The number of ether oxygens (including phenoxy) is 2. The van der Waals surface area contributed by atoms with Crippen LogP contribution in [0.4, 0.5) is 18.9 Å². The van der Waals surface area contributed by atoms with Crippen molar-refractivity contribution in [3.05, 3.63) is 29.5 Å². The van der Waals surface area contributed by atoms with Gasteiger partial charge in [-0.3, -0.25) is 0 Å². The highest BCUT2D eigenvalue weighted by Crippen LogP contribution is 2.34. The van der Waals surface area contributed by atoms with Crippen molar-refractivity contribution in [1.82, 2.24) is 4.98 Å². The Hall–Kier alpha value is -2.02. The quantitative estimate of drug-likeness (QED) is 0.926. The summed E-state index contributed by atoms with van der Waals surface area (Å²) in [5.41, 5.74) is 8.51. The highest BCUT2D eigenvalue weighted by atomic mass is 19.4. The Bertz CT molecular complexity index is 686. The molecule has 0 saturated carbocycles. The number of benzene rings is 1. The van der Waals surface area contributed by atoms with Crippen molar-refractivity contribution < 1.29 is 22.6 Å². The molecular weight excluding hydrogens is 285 g/mol. The monoisotopic (exact) mass is 298 g/mol. The Morgan fingerprint density at radius 3 is 2.90 bits per heavy atom. The molecule has 2 N–H and O–H groups in total. The minimum atomic E-state index is -4.39. The van der Waals surface area contributed by atoms with Crippen LogP contribution in [0.25, 0.3) is 10.9 Å². The molecule has 0 aliphatic carbocycles. The van der Waals surface area contributed by atoms with Gasteiger partial charge in [0.2, 0.25) is 0 Å². The molecule has 0 amide bonds. The SMILES string of the molecule is Nc1c2c(nc3c(OCC(F)(F)F)cccc13)CCOC2. The van der Waals surface area contributed by atoms with Crippen LogP contribution in [0.15, 0.2) is 18.2 Å². The van der Waals surface area contributed by atoms with Gasteiger partial charge in [-0.1, -0.05) is 12.1 Å².